The van der Waals surface area contributed by atoms with Crippen LogP contribution < -0.4 is 0 Å². The van der Waals surface area contributed by atoms with Crippen LogP contribution >= 0.6 is 0 Å². The van der Waals surface area contributed by atoms with Gasteiger partial charge in [0.1, 0.15) is 11.9 Å². The summed E-state index contributed by atoms with van der Waals surface area (Å²) in [5.74, 6) is 0.616. The maximum Gasteiger partial charge on any atom is 0.310 e. The van der Waals surface area contributed by atoms with Crippen LogP contribution in [0.1, 0.15) is 50.7 Å². The smallest absolute Gasteiger partial charge is 0.310 e. The Bertz CT molecular complexity index is 793. The number of fused-ring (bicyclic) bond motifs is 2. The first-order chi connectivity index (χ1) is 13.8. The van der Waals surface area contributed by atoms with Gasteiger partial charge in [0.25, 0.3) is 0 Å². The molecular formula is C24H33NO4. The number of aliphatic hydroxyl groups excluding tert-OH is 1. The van der Waals surface area contributed by atoms with E-state index in [-0.39, 0.29) is 35.1 Å². The largest absolute Gasteiger partial charge is 0.508 e. The highest BCUT2D eigenvalue weighted by molar-refractivity contribution is 5.75. The topological polar surface area (TPSA) is 70.0 Å². The van der Waals surface area contributed by atoms with E-state index in [9.17, 15) is 15.0 Å². The van der Waals surface area contributed by atoms with Crippen LogP contribution in [0.2, 0.25) is 0 Å². The molecule has 2 N–H and O–H groups in total. The van der Waals surface area contributed by atoms with Gasteiger partial charge in [0.05, 0.1) is 12.0 Å². The number of hydrogen-bond donors (Lipinski definition) is 2. The molecule has 5 heteroatoms. The fourth-order valence-electron chi connectivity index (χ4n) is 6.01. The summed E-state index contributed by atoms with van der Waals surface area (Å²) < 4.78 is 5.84. The molecule has 0 amide bonds. The summed E-state index contributed by atoms with van der Waals surface area (Å²) in [7, 11) is 1.93. The third-order valence-electron chi connectivity index (χ3n) is 7.57. The number of allylic oxidation sites excluding steroid dienone is 1. The first kappa shape index (κ1) is 20.4. The molecule has 0 unspecified atom stereocenters. The number of esters is 1. The molecule has 1 aromatic carbocycles. The van der Waals surface area contributed by atoms with Gasteiger partial charge in [-0.05, 0) is 68.2 Å². The summed E-state index contributed by atoms with van der Waals surface area (Å²) in [5, 5.41) is 20.2. The van der Waals surface area contributed by atoms with Crippen LogP contribution in [0.25, 0.3) is 0 Å². The summed E-state index contributed by atoms with van der Waals surface area (Å²) in [6.45, 7) is 7.67. The van der Waals surface area contributed by atoms with E-state index in [2.05, 4.69) is 13.5 Å². The van der Waals surface area contributed by atoms with Crippen molar-refractivity contribution in [2.75, 3.05) is 20.1 Å². The number of carbonyl (C=O) groups is 1. The third-order valence-corrected chi connectivity index (χ3v) is 7.57. The lowest BCUT2D eigenvalue weighted by atomic mass is 9.55. The van der Waals surface area contributed by atoms with Gasteiger partial charge in [0.15, 0.2) is 0 Å². The first-order valence-corrected chi connectivity index (χ1v) is 10.8. The van der Waals surface area contributed by atoms with Crippen molar-refractivity contribution in [3.63, 3.8) is 0 Å². The van der Waals surface area contributed by atoms with Gasteiger partial charge in [-0.2, -0.15) is 0 Å². The Morgan fingerprint density at radius 2 is 2.21 bits per heavy atom. The maximum absolute atomic E-state index is 12.7. The van der Waals surface area contributed by atoms with Crippen LogP contribution in [-0.4, -0.2) is 47.3 Å². The minimum Gasteiger partial charge on any atom is -0.508 e. The summed E-state index contributed by atoms with van der Waals surface area (Å²) in [5.41, 5.74) is 2.24. The fraction of sp³-hybridized carbons (Fsp3) is 0.625. The van der Waals surface area contributed by atoms with Crippen molar-refractivity contribution in [2.24, 2.45) is 23.2 Å². The number of likely N-dealkylation sites (N-methyl/N-ethyl adjacent to an activating group) is 1. The number of aromatic hydroxyl groups is 1. The molecule has 0 bridgehead atoms. The van der Waals surface area contributed by atoms with E-state index >= 15 is 0 Å². The minimum atomic E-state index is -0.715. The molecule has 0 radical (unpaired) electrons. The van der Waals surface area contributed by atoms with Gasteiger partial charge in [0.2, 0.25) is 0 Å². The van der Waals surface area contributed by atoms with E-state index in [0.29, 0.717) is 24.6 Å². The lowest BCUT2D eigenvalue weighted by molar-refractivity contribution is -0.146. The molecule has 5 nitrogen and oxygen atoms in total. The Morgan fingerprint density at radius 1 is 1.41 bits per heavy atom. The Morgan fingerprint density at radius 3 is 2.97 bits per heavy atom. The van der Waals surface area contributed by atoms with Crippen molar-refractivity contribution < 1.29 is 19.7 Å². The van der Waals surface area contributed by atoms with E-state index in [4.69, 9.17) is 4.74 Å². The standard InChI is InChI=1S/C24H33NO4/c1-15-6-5-9-24(2)12-22-18(11-20(15)24)19(23(28)29-22)13-25(3)14-21(27)16-7-4-8-17(26)10-16/h4,7-8,10,18-22,26-27H,1,5-6,9,11-14H2,2-3H3/t18-,19-,20+,21+,22-,24-/m1/s1. The molecule has 2 saturated carbocycles. The van der Waals surface area contributed by atoms with Crippen LogP contribution in [0.15, 0.2) is 36.4 Å². The molecule has 6 atom stereocenters. The Labute approximate surface area is 173 Å². The van der Waals surface area contributed by atoms with Crippen molar-refractivity contribution in [2.45, 2.75) is 51.2 Å². The van der Waals surface area contributed by atoms with Gasteiger partial charge >= 0.3 is 5.97 Å². The fourth-order valence-corrected chi connectivity index (χ4v) is 6.01. The van der Waals surface area contributed by atoms with E-state index in [1.54, 1.807) is 24.3 Å². The number of nitrogens with zero attached hydrogens (tertiary/aromatic N) is 1. The predicted molar refractivity (Wildman–Crippen MR) is 111 cm³/mol. The number of ether oxygens (including phenoxy) is 1. The number of aliphatic hydroxyl groups is 1. The van der Waals surface area contributed by atoms with Crippen LogP contribution in [0, 0.1) is 23.2 Å². The second kappa shape index (κ2) is 7.77. The molecule has 0 aromatic heterocycles. The van der Waals surface area contributed by atoms with Crippen molar-refractivity contribution in [3.8, 4) is 5.75 Å². The quantitative estimate of drug-likeness (QED) is 0.584. The molecule has 0 spiro atoms. The van der Waals surface area contributed by atoms with Crippen LogP contribution in [-0.2, 0) is 9.53 Å². The number of phenols is 1. The van der Waals surface area contributed by atoms with E-state index in [1.807, 2.05) is 11.9 Å². The minimum absolute atomic E-state index is 0.0176. The van der Waals surface area contributed by atoms with Crippen molar-refractivity contribution in [3.05, 3.63) is 42.0 Å². The third kappa shape index (κ3) is 3.95. The highest BCUT2D eigenvalue weighted by atomic mass is 16.6. The molecule has 1 aromatic rings. The zero-order valence-corrected chi connectivity index (χ0v) is 17.5. The summed E-state index contributed by atoms with van der Waals surface area (Å²) in [4.78, 5) is 14.7. The lowest BCUT2D eigenvalue weighted by Gasteiger charge is -2.50. The molecule has 2 aliphatic carbocycles. The summed E-state index contributed by atoms with van der Waals surface area (Å²) in [6.07, 6.45) is 4.72. The van der Waals surface area contributed by atoms with E-state index < -0.39 is 6.10 Å². The maximum atomic E-state index is 12.7. The zero-order valence-electron chi connectivity index (χ0n) is 17.5. The number of phenolic OH excluding ortho intramolecular Hbond substituents is 1. The van der Waals surface area contributed by atoms with E-state index in [1.165, 1.54) is 18.4 Å². The van der Waals surface area contributed by atoms with E-state index in [0.717, 1.165) is 19.3 Å². The normalized spacial score (nSPS) is 35.2. The lowest BCUT2D eigenvalue weighted by Crippen LogP contribution is -2.45. The SMILES string of the molecule is C=C1CCC[C@]2(C)C[C@H]3OC(=O)[C@H](CN(C)C[C@H](O)c4cccc(O)c4)[C@H]3C[C@@H]12. The predicted octanol–water partition coefficient (Wildman–Crippen LogP) is 3.67. The molecule has 1 saturated heterocycles. The molecule has 158 valence electrons. The molecular weight excluding hydrogens is 366 g/mol. The Kier molecular flexibility index (Phi) is 5.47. The highest BCUT2D eigenvalue weighted by Crippen LogP contribution is 2.56. The molecule has 1 aliphatic heterocycles. The Hall–Kier alpha value is -1.85. The van der Waals surface area contributed by atoms with Crippen molar-refractivity contribution in [1.29, 1.82) is 0 Å². The van der Waals surface area contributed by atoms with Crippen LogP contribution in [0.3, 0.4) is 0 Å². The zero-order chi connectivity index (χ0) is 20.8. The molecule has 3 fully saturated rings. The van der Waals surface area contributed by atoms with Gasteiger partial charge in [-0.1, -0.05) is 31.2 Å². The monoisotopic (exact) mass is 399 g/mol. The van der Waals surface area contributed by atoms with Gasteiger partial charge < -0.3 is 19.8 Å². The number of rotatable bonds is 5. The average molecular weight is 400 g/mol. The highest BCUT2D eigenvalue weighted by Gasteiger charge is 2.55. The second-order valence-electron chi connectivity index (χ2n) is 9.74. The Balaban J connectivity index is 1.42. The summed E-state index contributed by atoms with van der Waals surface area (Å²) in [6, 6.07) is 6.69. The first-order valence-electron chi connectivity index (χ1n) is 10.8. The van der Waals surface area contributed by atoms with Crippen molar-refractivity contribution in [1.82, 2.24) is 4.90 Å². The molecule has 29 heavy (non-hydrogen) atoms. The average Bonchev–Trinajstić information content (AvgIpc) is 2.94. The van der Waals surface area contributed by atoms with Gasteiger partial charge in [-0.3, -0.25) is 4.79 Å². The molecule has 4 rings (SSSR count). The van der Waals surface area contributed by atoms with Crippen LogP contribution in [0.5, 0.6) is 5.75 Å². The van der Waals surface area contributed by atoms with Crippen LogP contribution in [0.4, 0.5) is 0 Å². The number of carbonyl (C=O) groups excluding carboxylic acids is 1. The number of benzene rings is 1. The van der Waals surface area contributed by atoms with Gasteiger partial charge in [-0.15, -0.1) is 0 Å². The van der Waals surface area contributed by atoms with Crippen molar-refractivity contribution >= 4 is 5.97 Å². The molecule has 3 aliphatic rings. The summed E-state index contributed by atoms with van der Waals surface area (Å²) >= 11 is 0. The van der Waals surface area contributed by atoms with Gasteiger partial charge in [0, 0.05) is 19.0 Å². The molecule has 1 heterocycles. The second-order valence-corrected chi connectivity index (χ2v) is 9.74. The number of hydrogen-bond acceptors (Lipinski definition) is 5. The van der Waals surface area contributed by atoms with Gasteiger partial charge in [-0.25, -0.2) is 0 Å².